The lowest BCUT2D eigenvalue weighted by Crippen LogP contribution is -2.39. The highest BCUT2D eigenvalue weighted by molar-refractivity contribution is 7.89. The Morgan fingerprint density at radius 1 is 1.00 bits per heavy atom. The third-order valence-corrected chi connectivity index (χ3v) is 7.81. The molecule has 2 saturated heterocycles. The number of benzene rings is 1. The van der Waals surface area contributed by atoms with Crippen LogP contribution in [0.3, 0.4) is 0 Å². The fourth-order valence-electron chi connectivity index (χ4n) is 4.22. The van der Waals surface area contributed by atoms with E-state index >= 15 is 0 Å². The molecule has 4 rings (SSSR count). The summed E-state index contributed by atoms with van der Waals surface area (Å²) in [6.45, 7) is 5.75. The van der Waals surface area contributed by atoms with Crippen molar-refractivity contribution in [2.75, 3.05) is 18.0 Å². The van der Waals surface area contributed by atoms with Crippen LogP contribution in [0.2, 0.25) is 0 Å². The maximum Gasteiger partial charge on any atom is 0.243 e. The van der Waals surface area contributed by atoms with Crippen molar-refractivity contribution in [3.05, 3.63) is 41.7 Å². The van der Waals surface area contributed by atoms with E-state index in [1.807, 2.05) is 24.6 Å². The number of amides is 2. The molecule has 2 fully saturated rings. The number of anilines is 1. The van der Waals surface area contributed by atoms with Crippen LogP contribution in [0.4, 0.5) is 5.69 Å². The van der Waals surface area contributed by atoms with Crippen LogP contribution in [-0.4, -0.2) is 47.4 Å². The Morgan fingerprint density at radius 2 is 1.60 bits per heavy atom. The molecule has 0 unspecified atom stereocenters. The van der Waals surface area contributed by atoms with Crippen LogP contribution >= 0.6 is 0 Å². The number of hydrogen-bond donors (Lipinski definition) is 0. The van der Waals surface area contributed by atoms with Gasteiger partial charge >= 0.3 is 0 Å². The molecule has 0 aliphatic carbocycles. The van der Waals surface area contributed by atoms with E-state index in [1.165, 1.54) is 28.6 Å². The molecule has 0 radical (unpaired) electrons. The van der Waals surface area contributed by atoms with E-state index in [0.717, 1.165) is 35.7 Å². The third kappa shape index (κ3) is 3.91. The number of rotatable bonds is 5. The monoisotopic (exact) mass is 430 g/mol. The molecule has 2 amide bonds. The van der Waals surface area contributed by atoms with Crippen molar-refractivity contribution in [1.29, 1.82) is 0 Å². The third-order valence-electron chi connectivity index (χ3n) is 5.89. The van der Waals surface area contributed by atoms with Crippen LogP contribution in [0.15, 0.2) is 35.2 Å². The van der Waals surface area contributed by atoms with Gasteiger partial charge in [-0.15, -0.1) is 0 Å². The van der Waals surface area contributed by atoms with Crippen molar-refractivity contribution in [2.45, 2.75) is 51.0 Å². The molecule has 0 spiro atoms. The molecule has 160 valence electrons. The molecule has 2 aliphatic rings. The average molecular weight is 431 g/mol. The molecule has 0 bridgehead atoms. The summed E-state index contributed by atoms with van der Waals surface area (Å²) >= 11 is 0. The van der Waals surface area contributed by atoms with Gasteiger partial charge < -0.3 is 0 Å². The maximum absolute atomic E-state index is 13.0. The molecule has 8 nitrogen and oxygen atoms in total. The summed E-state index contributed by atoms with van der Waals surface area (Å²) < 4.78 is 29.6. The van der Waals surface area contributed by atoms with E-state index in [0.29, 0.717) is 24.7 Å². The zero-order chi connectivity index (χ0) is 21.5. The predicted molar refractivity (Wildman–Crippen MR) is 111 cm³/mol. The molecular formula is C21H26N4O4S. The Balaban J connectivity index is 1.41. The average Bonchev–Trinajstić information content (AvgIpc) is 3.22. The van der Waals surface area contributed by atoms with Gasteiger partial charge in [0.1, 0.15) is 0 Å². The van der Waals surface area contributed by atoms with Gasteiger partial charge in [-0.05, 0) is 62.9 Å². The smallest absolute Gasteiger partial charge is 0.243 e. The van der Waals surface area contributed by atoms with Gasteiger partial charge in [-0.1, -0.05) is 0 Å². The topological polar surface area (TPSA) is 92.6 Å². The molecule has 1 aromatic heterocycles. The lowest BCUT2D eigenvalue weighted by Gasteiger charge is -2.31. The summed E-state index contributed by atoms with van der Waals surface area (Å²) in [4.78, 5) is 25.1. The highest BCUT2D eigenvalue weighted by Crippen LogP contribution is 2.28. The first-order valence-corrected chi connectivity index (χ1v) is 11.7. The van der Waals surface area contributed by atoms with E-state index < -0.39 is 10.0 Å². The minimum atomic E-state index is -3.61. The minimum Gasteiger partial charge on any atom is -0.274 e. The van der Waals surface area contributed by atoms with Gasteiger partial charge in [0.05, 0.1) is 16.3 Å². The first-order valence-electron chi connectivity index (χ1n) is 10.2. The van der Waals surface area contributed by atoms with Crippen LogP contribution in [0.5, 0.6) is 0 Å². The van der Waals surface area contributed by atoms with Gasteiger partial charge in [0, 0.05) is 38.2 Å². The first-order chi connectivity index (χ1) is 14.3. The standard InChI is InChI=1S/C21H26N4O4S/c1-15-13-16(2)24(22-15)14-17-9-11-23(12-10-17)30(28,29)19-5-3-18(4-6-19)25-20(26)7-8-21(25)27/h3-6,13,17H,7-12,14H2,1-2H3. The molecule has 0 atom stereocenters. The van der Waals surface area contributed by atoms with Gasteiger partial charge in [0.15, 0.2) is 0 Å². The number of carbonyl (C=O) groups is 2. The molecule has 0 saturated carbocycles. The van der Waals surface area contributed by atoms with Gasteiger partial charge in [0.25, 0.3) is 0 Å². The summed E-state index contributed by atoms with van der Waals surface area (Å²) in [5.74, 6) is -0.107. The second-order valence-corrected chi connectivity index (χ2v) is 10.0. The molecule has 30 heavy (non-hydrogen) atoms. The SMILES string of the molecule is Cc1cc(C)n(CC2CCN(S(=O)(=O)c3ccc(N4C(=O)CCC4=O)cc3)CC2)n1. The Labute approximate surface area is 176 Å². The Bertz CT molecular complexity index is 1050. The van der Waals surface area contributed by atoms with Crippen molar-refractivity contribution < 1.29 is 18.0 Å². The molecule has 0 N–H and O–H groups in total. The van der Waals surface area contributed by atoms with Gasteiger partial charge in [-0.3, -0.25) is 19.2 Å². The fourth-order valence-corrected chi connectivity index (χ4v) is 5.69. The number of hydrogen-bond acceptors (Lipinski definition) is 5. The second-order valence-electron chi connectivity index (χ2n) is 8.07. The number of carbonyl (C=O) groups excluding carboxylic acids is 2. The Hall–Kier alpha value is -2.52. The van der Waals surface area contributed by atoms with Crippen molar-refractivity contribution in [3.63, 3.8) is 0 Å². The Morgan fingerprint density at radius 3 is 2.13 bits per heavy atom. The Kier molecular flexibility index (Phi) is 5.50. The lowest BCUT2D eigenvalue weighted by atomic mass is 9.98. The van der Waals surface area contributed by atoms with E-state index in [2.05, 4.69) is 5.10 Å². The lowest BCUT2D eigenvalue weighted by molar-refractivity contribution is -0.121. The number of piperidine rings is 1. The predicted octanol–water partition coefficient (Wildman–Crippen LogP) is 2.25. The van der Waals surface area contributed by atoms with E-state index in [1.54, 1.807) is 0 Å². The van der Waals surface area contributed by atoms with E-state index in [-0.39, 0.29) is 29.6 Å². The van der Waals surface area contributed by atoms with Crippen LogP contribution in [0, 0.1) is 19.8 Å². The van der Waals surface area contributed by atoms with Gasteiger partial charge in [-0.25, -0.2) is 8.42 Å². The van der Waals surface area contributed by atoms with Gasteiger partial charge in [-0.2, -0.15) is 9.40 Å². The van der Waals surface area contributed by atoms with Crippen molar-refractivity contribution in [2.24, 2.45) is 5.92 Å². The fraction of sp³-hybridized carbons (Fsp3) is 0.476. The maximum atomic E-state index is 13.0. The number of imide groups is 1. The number of aryl methyl sites for hydroxylation is 2. The van der Waals surface area contributed by atoms with Crippen molar-refractivity contribution in [3.8, 4) is 0 Å². The zero-order valence-electron chi connectivity index (χ0n) is 17.2. The van der Waals surface area contributed by atoms with Crippen LogP contribution in [-0.2, 0) is 26.2 Å². The van der Waals surface area contributed by atoms with Gasteiger partial charge in [0.2, 0.25) is 21.8 Å². The number of nitrogens with zero attached hydrogens (tertiary/aromatic N) is 4. The normalized spacial score (nSPS) is 19.1. The summed E-state index contributed by atoms with van der Waals surface area (Å²) in [6.07, 6.45) is 1.97. The quantitative estimate of drug-likeness (QED) is 0.679. The van der Waals surface area contributed by atoms with Crippen molar-refractivity contribution in [1.82, 2.24) is 14.1 Å². The van der Waals surface area contributed by atoms with E-state index in [9.17, 15) is 18.0 Å². The molecule has 1 aromatic carbocycles. The summed E-state index contributed by atoms with van der Waals surface area (Å²) in [7, 11) is -3.61. The first kappa shape index (κ1) is 20.7. The summed E-state index contributed by atoms with van der Waals surface area (Å²) in [5, 5.41) is 4.50. The van der Waals surface area contributed by atoms with Crippen LogP contribution in [0.25, 0.3) is 0 Å². The number of aromatic nitrogens is 2. The van der Waals surface area contributed by atoms with Crippen LogP contribution in [0.1, 0.15) is 37.1 Å². The molecular weight excluding hydrogens is 404 g/mol. The highest BCUT2D eigenvalue weighted by atomic mass is 32.2. The highest BCUT2D eigenvalue weighted by Gasteiger charge is 2.32. The molecule has 3 heterocycles. The zero-order valence-corrected chi connectivity index (χ0v) is 18.1. The second kappa shape index (κ2) is 7.96. The summed E-state index contributed by atoms with van der Waals surface area (Å²) in [6, 6.07) is 8.07. The largest absolute Gasteiger partial charge is 0.274 e. The van der Waals surface area contributed by atoms with Crippen molar-refractivity contribution >= 4 is 27.5 Å². The minimum absolute atomic E-state index is 0.183. The molecule has 9 heteroatoms. The number of sulfonamides is 1. The molecule has 2 aromatic rings. The molecule has 2 aliphatic heterocycles. The summed E-state index contributed by atoms with van der Waals surface area (Å²) in [5.41, 5.74) is 2.54. The van der Waals surface area contributed by atoms with E-state index in [4.69, 9.17) is 0 Å². The van der Waals surface area contributed by atoms with Crippen LogP contribution < -0.4 is 4.90 Å².